The van der Waals surface area contributed by atoms with Crippen molar-refractivity contribution in [3.05, 3.63) is 82.0 Å². The number of anilines is 1. The summed E-state index contributed by atoms with van der Waals surface area (Å²) in [5.41, 5.74) is 4.51. The highest BCUT2D eigenvalue weighted by Gasteiger charge is 2.23. The predicted molar refractivity (Wildman–Crippen MR) is 108 cm³/mol. The number of nitrogens with one attached hydrogen (secondary N) is 1. The fraction of sp³-hybridized carbons (Fsp3) is 0.190. The van der Waals surface area contributed by atoms with Crippen molar-refractivity contribution in [2.45, 2.75) is 19.3 Å². The Morgan fingerprint density at radius 1 is 1.15 bits per heavy atom. The Hall–Kier alpha value is -2.99. The molecule has 0 aliphatic heterocycles. The molecular formula is C21H20N4OS. The first-order valence-corrected chi connectivity index (χ1v) is 9.73. The standard InChI is InChI=1S/C21H20N4OS/c1-14-5-7-15(8-6-14)12-18(16-9-11-27-13-16)21-24-20(25-26-21)17-4-3-10-23-19(17)22-2/h3-11,13,18H,12H2,1-2H3,(H,22,23). The Labute approximate surface area is 162 Å². The van der Waals surface area contributed by atoms with Gasteiger partial charge >= 0.3 is 0 Å². The van der Waals surface area contributed by atoms with Gasteiger partial charge in [-0.1, -0.05) is 35.0 Å². The van der Waals surface area contributed by atoms with Crippen LogP contribution in [0.25, 0.3) is 11.4 Å². The van der Waals surface area contributed by atoms with Crippen molar-refractivity contribution in [2.75, 3.05) is 12.4 Å². The lowest BCUT2D eigenvalue weighted by Crippen LogP contribution is -2.05. The molecule has 6 heteroatoms. The van der Waals surface area contributed by atoms with Gasteiger partial charge in [-0.3, -0.25) is 0 Å². The zero-order valence-electron chi connectivity index (χ0n) is 15.2. The highest BCUT2D eigenvalue weighted by molar-refractivity contribution is 7.08. The zero-order chi connectivity index (χ0) is 18.6. The summed E-state index contributed by atoms with van der Waals surface area (Å²) in [4.78, 5) is 9.03. The molecular weight excluding hydrogens is 356 g/mol. The number of thiophene rings is 1. The maximum atomic E-state index is 5.69. The summed E-state index contributed by atoms with van der Waals surface area (Å²) in [6.07, 6.45) is 2.55. The van der Waals surface area contributed by atoms with Gasteiger partial charge in [0.2, 0.25) is 11.7 Å². The average molecular weight is 376 g/mol. The Bertz CT molecular complexity index is 1010. The Morgan fingerprint density at radius 3 is 2.74 bits per heavy atom. The molecule has 1 unspecified atom stereocenters. The molecule has 27 heavy (non-hydrogen) atoms. The second-order valence-electron chi connectivity index (χ2n) is 6.40. The van der Waals surface area contributed by atoms with Gasteiger partial charge in [0.15, 0.2) is 0 Å². The van der Waals surface area contributed by atoms with Crippen molar-refractivity contribution in [1.82, 2.24) is 15.1 Å². The molecule has 0 aliphatic carbocycles. The van der Waals surface area contributed by atoms with E-state index in [1.165, 1.54) is 16.7 Å². The van der Waals surface area contributed by atoms with Gasteiger partial charge in [0.25, 0.3) is 0 Å². The molecule has 0 bridgehead atoms. The molecule has 136 valence electrons. The van der Waals surface area contributed by atoms with Crippen LogP contribution in [-0.4, -0.2) is 22.2 Å². The summed E-state index contributed by atoms with van der Waals surface area (Å²) in [6, 6.07) is 14.5. The fourth-order valence-corrected chi connectivity index (χ4v) is 3.77. The minimum Gasteiger partial charge on any atom is -0.373 e. The van der Waals surface area contributed by atoms with E-state index in [9.17, 15) is 0 Å². The molecule has 0 amide bonds. The van der Waals surface area contributed by atoms with Crippen molar-refractivity contribution < 1.29 is 4.52 Å². The number of rotatable bonds is 6. The third kappa shape index (κ3) is 3.75. The van der Waals surface area contributed by atoms with Gasteiger partial charge < -0.3 is 9.84 Å². The average Bonchev–Trinajstić information content (AvgIpc) is 3.40. The van der Waals surface area contributed by atoms with E-state index in [2.05, 4.69) is 63.5 Å². The quantitative estimate of drug-likeness (QED) is 0.517. The molecule has 3 aromatic heterocycles. The van der Waals surface area contributed by atoms with Crippen LogP contribution in [0.15, 0.2) is 63.9 Å². The van der Waals surface area contributed by atoms with E-state index < -0.39 is 0 Å². The second kappa shape index (κ2) is 7.72. The number of hydrogen-bond acceptors (Lipinski definition) is 6. The summed E-state index contributed by atoms with van der Waals surface area (Å²) >= 11 is 1.67. The SMILES string of the molecule is CNc1ncccc1-c1noc(C(Cc2ccc(C)cc2)c2ccsc2)n1. The van der Waals surface area contributed by atoms with Gasteiger partial charge in [-0.15, -0.1) is 0 Å². The molecule has 0 radical (unpaired) electrons. The van der Waals surface area contributed by atoms with Crippen molar-refractivity contribution >= 4 is 17.2 Å². The van der Waals surface area contributed by atoms with Crippen LogP contribution in [0.2, 0.25) is 0 Å². The fourth-order valence-electron chi connectivity index (χ4n) is 3.05. The van der Waals surface area contributed by atoms with Crippen LogP contribution in [0.3, 0.4) is 0 Å². The lowest BCUT2D eigenvalue weighted by atomic mass is 9.93. The first kappa shape index (κ1) is 17.4. The molecule has 5 nitrogen and oxygen atoms in total. The number of hydrogen-bond donors (Lipinski definition) is 1. The molecule has 4 rings (SSSR count). The zero-order valence-corrected chi connectivity index (χ0v) is 16.0. The van der Waals surface area contributed by atoms with Gasteiger partial charge in [-0.2, -0.15) is 16.3 Å². The van der Waals surface area contributed by atoms with E-state index in [1.54, 1.807) is 17.5 Å². The second-order valence-corrected chi connectivity index (χ2v) is 7.18. The predicted octanol–water partition coefficient (Wildman–Crippen LogP) is 4.92. The summed E-state index contributed by atoms with van der Waals surface area (Å²) < 4.78 is 5.69. The highest BCUT2D eigenvalue weighted by Crippen LogP contribution is 2.31. The normalized spacial score (nSPS) is 12.1. The maximum absolute atomic E-state index is 5.69. The lowest BCUT2D eigenvalue weighted by molar-refractivity contribution is 0.365. The van der Waals surface area contributed by atoms with Gasteiger partial charge in [0.1, 0.15) is 5.82 Å². The molecule has 0 saturated carbocycles. The van der Waals surface area contributed by atoms with Crippen molar-refractivity contribution in [2.24, 2.45) is 0 Å². The first-order chi connectivity index (χ1) is 13.2. The van der Waals surface area contributed by atoms with Crippen molar-refractivity contribution in [3.8, 4) is 11.4 Å². The molecule has 0 fully saturated rings. The maximum Gasteiger partial charge on any atom is 0.234 e. The largest absolute Gasteiger partial charge is 0.373 e. The van der Waals surface area contributed by atoms with Crippen LogP contribution >= 0.6 is 11.3 Å². The molecule has 1 aromatic carbocycles. The number of aromatic nitrogens is 3. The van der Waals surface area contributed by atoms with Crippen LogP contribution in [0.4, 0.5) is 5.82 Å². The van der Waals surface area contributed by atoms with Crippen LogP contribution in [0, 0.1) is 6.92 Å². The molecule has 0 spiro atoms. The van der Waals surface area contributed by atoms with E-state index >= 15 is 0 Å². The minimum atomic E-state index is 0.0231. The molecule has 4 aromatic rings. The van der Waals surface area contributed by atoms with E-state index in [0.29, 0.717) is 11.7 Å². The molecule has 1 atom stereocenters. The third-order valence-corrected chi connectivity index (χ3v) is 5.23. The topological polar surface area (TPSA) is 63.8 Å². The Balaban J connectivity index is 1.69. The molecule has 3 heterocycles. The Kier molecular flexibility index (Phi) is 4.98. The molecule has 0 aliphatic rings. The van der Waals surface area contributed by atoms with E-state index in [4.69, 9.17) is 9.51 Å². The third-order valence-electron chi connectivity index (χ3n) is 4.53. The van der Waals surface area contributed by atoms with Crippen LogP contribution < -0.4 is 5.32 Å². The number of aryl methyl sites for hydroxylation is 1. The first-order valence-electron chi connectivity index (χ1n) is 8.79. The number of nitrogens with zero attached hydrogens (tertiary/aromatic N) is 3. The smallest absolute Gasteiger partial charge is 0.234 e. The minimum absolute atomic E-state index is 0.0231. The molecule has 0 saturated heterocycles. The van der Waals surface area contributed by atoms with E-state index in [1.807, 2.05) is 19.2 Å². The van der Waals surface area contributed by atoms with Gasteiger partial charge in [-0.05, 0) is 53.4 Å². The van der Waals surface area contributed by atoms with Crippen LogP contribution in [0.1, 0.15) is 28.5 Å². The lowest BCUT2D eigenvalue weighted by Gasteiger charge is -2.12. The van der Waals surface area contributed by atoms with Gasteiger partial charge in [-0.25, -0.2) is 4.98 Å². The van der Waals surface area contributed by atoms with E-state index in [-0.39, 0.29) is 5.92 Å². The summed E-state index contributed by atoms with van der Waals surface area (Å²) in [5, 5.41) is 11.5. The van der Waals surface area contributed by atoms with Crippen molar-refractivity contribution in [1.29, 1.82) is 0 Å². The summed E-state index contributed by atoms with van der Waals surface area (Å²) in [5.74, 6) is 1.92. The van der Waals surface area contributed by atoms with Gasteiger partial charge in [0.05, 0.1) is 11.5 Å². The summed E-state index contributed by atoms with van der Waals surface area (Å²) in [6.45, 7) is 2.09. The number of benzene rings is 1. The van der Waals surface area contributed by atoms with E-state index in [0.717, 1.165) is 17.8 Å². The van der Waals surface area contributed by atoms with Crippen molar-refractivity contribution in [3.63, 3.8) is 0 Å². The summed E-state index contributed by atoms with van der Waals surface area (Å²) in [7, 11) is 1.83. The molecule has 1 N–H and O–H groups in total. The highest BCUT2D eigenvalue weighted by atomic mass is 32.1. The van der Waals surface area contributed by atoms with Crippen LogP contribution in [0.5, 0.6) is 0 Å². The van der Waals surface area contributed by atoms with Crippen LogP contribution in [-0.2, 0) is 6.42 Å². The Morgan fingerprint density at radius 2 is 2.00 bits per heavy atom. The van der Waals surface area contributed by atoms with Gasteiger partial charge in [0, 0.05) is 13.2 Å². The monoisotopic (exact) mass is 376 g/mol. The number of pyridine rings is 1.